The molecule has 0 saturated heterocycles. The lowest BCUT2D eigenvalue weighted by Gasteiger charge is -2.06. The van der Waals surface area contributed by atoms with E-state index in [4.69, 9.17) is 4.74 Å². The monoisotopic (exact) mass is 440 g/mol. The molecule has 0 spiro atoms. The molecule has 0 aliphatic carbocycles. The van der Waals surface area contributed by atoms with Crippen LogP contribution in [0.1, 0.15) is 17.3 Å². The number of amides is 1. The first-order valence-corrected chi connectivity index (χ1v) is 11.4. The van der Waals surface area contributed by atoms with Crippen molar-refractivity contribution < 1.29 is 26.7 Å². The summed E-state index contributed by atoms with van der Waals surface area (Å²) in [4.78, 5) is 16.7. The number of fused-ring (bicyclic) bond motifs is 1. The second-order valence-corrected chi connectivity index (χ2v) is 9.17. The number of sulfone groups is 1. The van der Waals surface area contributed by atoms with Gasteiger partial charge in [0.05, 0.1) is 21.7 Å². The molecule has 3 aromatic rings. The average molecular weight is 440 g/mol. The van der Waals surface area contributed by atoms with Crippen LogP contribution in [-0.2, 0) is 21.1 Å². The molecule has 0 saturated carbocycles. The first-order chi connectivity index (χ1) is 13.7. The number of carbonyl (C=O) groups is 1. The van der Waals surface area contributed by atoms with E-state index in [0.717, 1.165) is 35.8 Å². The molecule has 0 atom stereocenters. The van der Waals surface area contributed by atoms with Gasteiger partial charge in [-0.1, -0.05) is 17.4 Å². The predicted molar refractivity (Wildman–Crippen MR) is 106 cm³/mol. The van der Waals surface area contributed by atoms with Gasteiger partial charge in [-0.25, -0.2) is 17.2 Å². The number of rotatable bonds is 6. The van der Waals surface area contributed by atoms with Crippen molar-refractivity contribution in [3.8, 4) is 0 Å². The van der Waals surface area contributed by atoms with Gasteiger partial charge in [0.15, 0.2) is 14.6 Å². The summed E-state index contributed by atoms with van der Waals surface area (Å²) in [5, 5.41) is 0. The van der Waals surface area contributed by atoms with Crippen LogP contribution < -0.4 is 4.80 Å². The predicted octanol–water partition coefficient (Wildman–Crippen LogP) is 3.16. The summed E-state index contributed by atoms with van der Waals surface area (Å²) in [5.74, 6) is -3.05. The molecule has 2 aromatic carbocycles. The van der Waals surface area contributed by atoms with Crippen LogP contribution in [0.2, 0.25) is 0 Å². The molecule has 10 heteroatoms. The lowest BCUT2D eigenvalue weighted by Crippen LogP contribution is -2.20. The Hall–Kier alpha value is -2.43. The van der Waals surface area contributed by atoms with Crippen molar-refractivity contribution in [2.45, 2.75) is 18.4 Å². The molecule has 154 valence electrons. The highest BCUT2D eigenvalue weighted by molar-refractivity contribution is 7.90. The summed E-state index contributed by atoms with van der Waals surface area (Å²) in [6.07, 6.45) is 1.10. The van der Waals surface area contributed by atoms with Crippen molar-refractivity contribution in [2.75, 3.05) is 19.5 Å². The minimum Gasteiger partial charge on any atom is -0.380 e. The number of hydrogen-bond acceptors (Lipinski definition) is 5. The molecular formula is C19H18F2N2O4S2. The van der Waals surface area contributed by atoms with Gasteiger partial charge < -0.3 is 9.30 Å². The van der Waals surface area contributed by atoms with Gasteiger partial charge in [-0.15, -0.1) is 0 Å². The summed E-state index contributed by atoms with van der Waals surface area (Å²) in [7, 11) is -3.42. The zero-order chi connectivity index (χ0) is 21.2. The highest BCUT2D eigenvalue weighted by Gasteiger charge is 2.18. The fourth-order valence-electron chi connectivity index (χ4n) is 2.73. The minimum absolute atomic E-state index is 0.126. The molecular weight excluding hydrogens is 422 g/mol. The maximum atomic E-state index is 13.9. The number of nitrogens with zero attached hydrogens (tertiary/aromatic N) is 2. The molecule has 0 fully saturated rings. The third-order valence-electron chi connectivity index (χ3n) is 4.12. The van der Waals surface area contributed by atoms with Crippen LogP contribution in [0.25, 0.3) is 10.2 Å². The number of hydrogen-bond donors (Lipinski definition) is 0. The number of carbonyl (C=O) groups excluding carboxylic acids is 1. The van der Waals surface area contributed by atoms with Crippen molar-refractivity contribution in [1.82, 2.24) is 4.57 Å². The van der Waals surface area contributed by atoms with Gasteiger partial charge in [0.1, 0.15) is 17.2 Å². The Morgan fingerprint density at radius 3 is 2.52 bits per heavy atom. The molecule has 0 radical (unpaired) electrons. The largest absolute Gasteiger partial charge is 0.380 e. The molecule has 0 aliphatic rings. The Balaban J connectivity index is 2.17. The van der Waals surface area contributed by atoms with E-state index < -0.39 is 32.9 Å². The van der Waals surface area contributed by atoms with E-state index in [2.05, 4.69) is 4.99 Å². The van der Waals surface area contributed by atoms with E-state index in [9.17, 15) is 22.0 Å². The fraction of sp³-hybridized carbons (Fsp3) is 0.263. The molecule has 0 unspecified atom stereocenters. The Labute approximate surface area is 170 Å². The molecule has 1 heterocycles. The van der Waals surface area contributed by atoms with E-state index in [1.165, 1.54) is 12.1 Å². The summed E-state index contributed by atoms with van der Waals surface area (Å²) in [5.41, 5.74) is -0.0965. The first kappa shape index (κ1) is 21.3. The molecule has 1 amide bonds. The van der Waals surface area contributed by atoms with Crippen molar-refractivity contribution in [3.63, 3.8) is 0 Å². The van der Waals surface area contributed by atoms with E-state index in [0.29, 0.717) is 30.0 Å². The summed E-state index contributed by atoms with van der Waals surface area (Å²) < 4.78 is 59.1. The number of aromatic nitrogens is 1. The first-order valence-electron chi connectivity index (χ1n) is 8.66. The second kappa shape index (κ2) is 8.52. The van der Waals surface area contributed by atoms with Crippen molar-refractivity contribution in [2.24, 2.45) is 4.99 Å². The van der Waals surface area contributed by atoms with Gasteiger partial charge in [-0.2, -0.15) is 4.99 Å². The second-order valence-electron chi connectivity index (χ2n) is 6.15. The van der Waals surface area contributed by atoms with Gasteiger partial charge in [0.2, 0.25) is 0 Å². The van der Waals surface area contributed by atoms with Gasteiger partial charge in [0, 0.05) is 19.4 Å². The molecule has 0 aliphatic heterocycles. The van der Waals surface area contributed by atoms with Crippen LogP contribution in [0.15, 0.2) is 46.3 Å². The Bertz CT molecular complexity index is 1230. The van der Waals surface area contributed by atoms with Crippen LogP contribution in [0, 0.1) is 11.6 Å². The lowest BCUT2D eigenvalue weighted by molar-refractivity contribution is 0.0988. The molecule has 0 bridgehead atoms. The number of thiazole rings is 1. The average Bonchev–Trinajstić information content (AvgIpc) is 2.97. The molecule has 29 heavy (non-hydrogen) atoms. The summed E-state index contributed by atoms with van der Waals surface area (Å²) in [6.45, 7) is 2.99. The van der Waals surface area contributed by atoms with Crippen molar-refractivity contribution >= 4 is 37.3 Å². The summed E-state index contributed by atoms with van der Waals surface area (Å²) >= 11 is 1.06. The lowest BCUT2D eigenvalue weighted by atomic mass is 10.2. The zero-order valence-electron chi connectivity index (χ0n) is 15.7. The Morgan fingerprint density at radius 2 is 1.90 bits per heavy atom. The van der Waals surface area contributed by atoms with Crippen LogP contribution in [0.3, 0.4) is 0 Å². The SMILES string of the molecule is CCOCCn1c(=NC(=O)c2c(F)cccc2F)sc2cc(S(C)(=O)=O)ccc21. The molecule has 6 nitrogen and oxygen atoms in total. The third-order valence-corrected chi connectivity index (χ3v) is 6.27. The quantitative estimate of drug-likeness (QED) is 0.552. The number of ether oxygens (including phenoxy) is 1. The van der Waals surface area contributed by atoms with Gasteiger partial charge >= 0.3 is 0 Å². The topological polar surface area (TPSA) is 77.7 Å². The van der Waals surface area contributed by atoms with E-state index in [1.807, 2.05) is 6.92 Å². The van der Waals surface area contributed by atoms with Crippen LogP contribution in [0.4, 0.5) is 8.78 Å². The maximum Gasteiger partial charge on any atom is 0.285 e. The fourth-order valence-corrected chi connectivity index (χ4v) is 4.55. The van der Waals surface area contributed by atoms with E-state index in [1.54, 1.807) is 10.6 Å². The zero-order valence-corrected chi connectivity index (χ0v) is 17.3. The number of halogens is 2. The van der Waals surface area contributed by atoms with Crippen LogP contribution >= 0.6 is 11.3 Å². The highest BCUT2D eigenvalue weighted by atomic mass is 32.2. The maximum absolute atomic E-state index is 13.9. The van der Waals surface area contributed by atoms with E-state index >= 15 is 0 Å². The van der Waals surface area contributed by atoms with Crippen LogP contribution in [0.5, 0.6) is 0 Å². The minimum atomic E-state index is -3.42. The normalized spacial score (nSPS) is 12.6. The summed E-state index contributed by atoms with van der Waals surface area (Å²) in [6, 6.07) is 7.69. The van der Waals surface area contributed by atoms with Crippen molar-refractivity contribution in [1.29, 1.82) is 0 Å². The smallest absolute Gasteiger partial charge is 0.285 e. The van der Waals surface area contributed by atoms with E-state index in [-0.39, 0.29) is 9.70 Å². The van der Waals surface area contributed by atoms with Crippen LogP contribution in [-0.4, -0.2) is 38.4 Å². The standard InChI is InChI=1S/C19H18F2N2O4S2/c1-3-27-10-9-23-15-8-7-12(29(2,25)26)11-16(15)28-19(23)22-18(24)17-13(20)5-4-6-14(17)21/h4-8,11H,3,9-10H2,1-2H3. The highest BCUT2D eigenvalue weighted by Crippen LogP contribution is 2.22. The molecule has 0 N–H and O–H groups in total. The Morgan fingerprint density at radius 1 is 1.21 bits per heavy atom. The number of benzene rings is 2. The van der Waals surface area contributed by atoms with Gasteiger partial charge in [-0.3, -0.25) is 4.79 Å². The molecule has 3 rings (SSSR count). The van der Waals surface area contributed by atoms with Gasteiger partial charge in [0.25, 0.3) is 5.91 Å². The van der Waals surface area contributed by atoms with Gasteiger partial charge in [-0.05, 0) is 37.3 Å². The van der Waals surface area contributed by atoms with Crippen molar-refractivity contribution in [3.05, 3.63) is 58.4 Å². The Kier molecular flexibility index (Phi) is 6.25. The third kappa shape index (κ3) is 4.60. The molecule has 1 aromatic heterocycles.